The maximum Gasteiger partial charge on any atom is 0.132 e. The van der Waals surface area contributed by atoms with Crippen LogP contribution in [-0.2, 0) is 6.54 Å². The molecule has 1 aliphatic rings. The molecule has 3 heterocycles. The Morgan fingerprint density at radius 3 is 2.77 bits per heavy atom. The second-order valence-electron chi connectivity index (χ2n) is 6.00. The first kappa shape index (κ1) is 14.9. The average molecular weight is 297 g/mol. The highest BCUT2D eigenvalue weighted by molar-refractivity contribution is 5.39. The van der Waals surface area contributed by atoms with E-state index in [1.54, 1.807) is 6.33 Å². The maximum atomic E-state index is 4.39. The van der Waals surface area contributed by atoms with E-state index in [-0.39, 0.29) is 0 Å². The minimum absolute atomic E-state index is 0.555. The van der Waals surface area contributed by atoms with E-state index in [1.807, 2.05) is 25.4 Å². The SMILES string of the molecule is Cc1cc(N(C)C2CCN(Cc3cccnc3)CC2)ncn1. The van der Waals surface area contributed by atoms with Crippen LogP contribution in [0.2, 0.25) is 0 Å². The summed E-state index contributed by atoms with van der Waals surface area (Å²) in [6.07, 6.45) is 7.77. The summed E-state index contributed by atoms with van der Waals surface area (Å²) in [6, 6.07) is 6.77. The molecule has 0 saturated carbocycles. The fourth-order valence-electron chi connectivity index (χ4n) is 3.04. The monoisotopic (exact) mass is 297 g/mol. The summed E-state index contributed by atoms with van der Waals surface area (Å²) in [5.74, 6) is 1.03. The van der Waals surface area contributed by atoms with Gasteiger partial charge in [0.1, 0.15) is 12.1 Å². The van der Waals surface area contributed by atoms with Crippen molar-refractivity contribution >= 4 is 5.82 Å². The van der Waals surface area contributed by atoms with Crippen molar-refractivity contribution in [1.29, 1.82) is 0 Å². The van der Waals surface area contributed by atoms with E-state index in [0.717, 1.165) is 31.1 Å². The number of likely N-dealkylation sites (tertiary alicyclic amines) is 1. The zero-order valence-corrected chi connectivity index (χ0v) is 13.3. The molecule has 0 spiro atoms. The molecule has 0 aromatic carbocycles. The minimum atomic E-state index is 0.555. The fourth-order valence-corrected chi connectivity index (χ4v) is 3.04. The van der Waals surface area contributed by atoms with Gasteiger partial charge < -0.3 is 4.90 Å². The van der Waals surface area contributed by atoms with Crippen LogP contribution in [0.4, 0.5) is 5.82 Å². The first-order chi connectivity index (χ1) is 10.7. The van der Waals surface area contributed by atoms with Crippen LogP contribution in [-0.4, -0.2) is 46.0 Å². The van der Waals surface area contributed by atoms with E-state index in [1.165, 1.54) is 18.4 Å². The minimum Gasteiger partial charge on any atom is -0.356 e. The smallest absolute Gasteiger partial charge is 0.132 e. The van der Waals surface area contributed by atoms with Gasteiger partial charge in [-0.2, -0.15) is 0 Å². The standard InChI is InChI=1S/C17H23N5/c1-14-10-17(20-13-19-14)21(2)16-5-8-22(9-6-16)12-15-4-3-7-18-11-15/h3-4,7,10-11,13,16H,5-6,8-9,12H2,1-2H3. The largest absolute Gasteiger partial charge is 0.356 e. The highest BCUT2D eigenvalue weighted by Gasteiger charge is 2.23. The molecule has 2 aromatic rings. The number of aryl methyl sites for hydroxylation is 1. The predicted octanol–water partition coefficient (Wildman–Crippen LogP) is 2.28. The van der Waals surface area contributed by atoms with Crippen molar-refractivity contribution < 1.29 is 0 Å². The van der Waals surface area contributed by atoms with Crippen LogP contribution in [0.5, 0.6) is 0 Å². The molecule has 0 bridgehead atoms. The molecule has 3 rings (SSSR count). The number of hydrogen-bond donors (Lipinski definition) is 0. The summed E-state index contributed by atoms with van der Waals surface area (Å²) in [6.45, 7) is 5.24. The van der Waals surface area contributed by atoms with Gasteiger partial charge in [0.2, 0.25) is 0 Å². The van der Waals surface area contributed by atoms with E-state index >= 15 is 0 Å². The van der Waals surface area contributed by atoms with Crippen LogP contribution in [0.3, 0.4) is 0 Å². The zero-order valence-electron chi connectivity index (χ0n) is 13.3. The van der Waals surface area contributed by atoms with Crippen molar-refractivity contribution in [3.05, 3.63) is 48.2 Å². The Morgan fingerprint density at radius 1 is 1.27 bits per heavy atom. The number of aromatic nitrogens is 3. The number of nitrogens with zero attached hydrogens (tertiary/aromatic N) is 5. The second kappa shape index (κ2) is 6.83. The van der Waals surface area contributed by atoms with Gasteiger partial charge in [-0.25, -0.2) is 9.97 Å². The Bertz CT molecular complexity index is 593. The molecule has 1 saturated heterocycles. The highest BCUT2D eigenvalue weighted by atomic mass is 15.2. The van der Waals surface area contributed by atoms with Gasteiger partial charge in [0, 0.05) is 56.9 Å². The van der Waals surface area contributed by atoms with Crippen molar-refractivity contribution in [2.24, 2.45) is 0 Å². The number of anilines is 1. The molecule has 1 fully saturated rings. The molecule has 0 amide bonds. The maximum absolute atomic E-state index is 4.39. The van der Waals surface area contributed by atoms with E-state index in [2.05, 4.69) is 43.9 Å². The fraction of sp³-hybridized carbons (Fsp3) is 0.471. The van der Waals surface area contributed by atoms with Crippen LogP contribution in [0, 0.1) is 6.92 Å². The Labute approximate surface area is 132 Å². The third-order valence-corrected chi connectivity index (χ3v) is 4.38. The molecule has 1 aliphatic heterocycles. The lowest BCUT2D eigenvalue weighted by Gasteiger charge is -2.37. The summed E-state index contributed by atoms with van der Waals surface area (Å²) in [7, 11) is 2.14. The van der Waals surface area contributed by atoms with E-state index < -0.39 is 0 Å². The number of rotatable bonds is 4. The summed E-state index contributed by atoms with van der Waals surface area (Å²) in [5, 5.41) is 0. The molecule has 0 aliphatic carbocycles. The van der Waals surface area contributed by atoms with Crippen LogP contribution < -0.4 is 4.90 Å². The van der Waals surface area contributed by atoms with E-state index in [0.29, 0.717) is 6.04 Å². The lowest BCUT2D eigenvalue weighted by Crippen LogP contribution is -2.43. The number of pyridine rings is 1. The van der Waals surface area contributed by atoms with Crippen LogP contribution >= 0.6 is 0 Å². The molecule has 0 atom stereocenters. The molecule has 5 nitrogen and oxygen atoms in total. The van der Waals surface area contributed by atoms with Crippen molar-refractivity contribution in [2.45, 2.75) is 32.4 Å². The van der Waals surface area contributed by atoms with Crippen molar-refractivity contribution in [2.75, 3.05) is 25.0 Å². The van der Waals surface area contributed by atoms with Gasteiger partial charge in [-0.1, -0.05) is 6.07 Å². The Balaban J connectivity index is 1.55. The third-order valence-electron chi connectivity index (χ3n) is 4.38. The van der Waals surface area contributed by atoms with Gasteiger partial charge in [0.05, 0.1) is 0 Å². The topological polar surface area (TPSA) is 45.2 Å². The first-order valence-corrected chi connectivity index (χ1v) is 7.85. The Morgan fingerprint density at radius 2 is 2.09 bits per heavy atom. The Hall–Kier alpha value is -2.01. The number of hydrogen-bond acceptors (Lipinski definition) is 5. The molecule has 116 valence electrons. The van der Waals surface area contributed by atoms with Gasteiger partial charge in [-0.3, -0.25) is 9.88 Å². The lowest BCUT2D eigenvalue weighted by molar-refractivity contribution is 0.203. The normalized spacial score (nSPS) is 16.6. The quantitative estimate of drug-likeness (QED) is 0.866. The number of piperidine rings is 1. The molecular weight excluding hydrogens is 274 g/mol. The molecule has 0 radical (unpaired) electrons. The van der Waals surface area contributed by atoms with Crippen molar-refractivity contribution in [1.82, 2.24) is 19.9 Å². The molecule has 0 N–H and O–H groups in total. The average Bonchev–Trinajstić information content (AvgIpc) is 2.56. The van der Waals surface area contributed by atoms with Crippen LogP contribution in [0.25, 0.3) is 0 Å². The van der Waals surface area contributed by atoms with Crippen molar-refractivity contribution in [3.63, 3.8) is 0 Å². The van der Waals surface area contributed by atoms with Crippen LogP contribution in [0.1, 0.15) is 24.1 Å². The zero-order chi connectivity index (χ0) is 15.4. The van der Waals surface area contributed by atoms with Gasteiger partial charge in [-0.15, -0.1) is 0 Å². The van der Waals surface area contributed by atoms with Crippen LogP contribution in [0.15, 0.2) is 36.9 Å². The Kier molecular flexibility index (Phi) is 4.63. The van der Waals surface area contributed by atoms with E-state index in [9.17, 15) is 0 Å². The molecule has 5 heteroatoms. The first-order valence-electron chi connectivity index (χ1n) is 7.85. The molecule has 0 unspecified atom stereocenters. The molecular formula is C17H23N5. The van der Waals surface area contributed by atoms with Gasteiger partial charge in [0.25, 0.3) is 0 Å². The van der Waals surface area contributed by atoms with Crippen molar-refractivity contribution in [3.8, 4) is 0 Å². The second-order valence-corrected chi connectivity index (χ2v) is 6.00. The van der Waals surface area contributed by atoms with Gasteiger partial charge in [-0.05, 0) is 31.4 Å². The summed E-state index contributed by atoms with van der Waals surface area (Å²) < 4.78 is 0. The summed E-state index contributed by atoms with van der Waals surface area (Å²) in [5.41, 5.74) is 2.31. The summed E-state index contributed by atoms with van der Waals surface area (Å²) in [4.78, 5) is 17.6. The van der Waals surface area contributed by atoms with Gasteiger partial charge >= 0.3 is 0 Å². The highest BCUT2D eigenvalue weighted by Crippen LogP contribution is 2.21. The third kappa shape index (κ3) is 3.60. The van der Waals surface area contributed by atoms with E-state index in [4.69, 9.17) is 0 Å². The molecule has 22 heavy (non-hydrogen) atoms. The predicted molar refractivity (Wildman–Crippen MR) is 87.7 cm³/mol. The van der Waals surface area contributed by atoms with Gasteiger partial charge in [0.15, 0.2) is 0 Å². The summed E-state index contributed by atoms with van der Waals surface area (Å²) >= 11 is 0. The lowest BCUT2D eigenvalue weighted by atomic mass is 10.0. The molecule has 2 aromatic heterocycles.